The Bertz CT molecular complexity index is 374. The third kappa shape index (κ3) is 2.75. The van der Waals surface area contributed by atoms with E-state index in [0.29, 0.717) is 11.8 Å². The fraction of sp³-hybridized carbons (Fsp3) is 0.533. The predicted molar refractivity (Wildman–Crippen MR) is 70.0 cm³/mol. The van der Waals surface area contributed by atoms with Crippen LogP contribution in [0, 0.1) is 5.92 Å². The topological polar surface area (TPSA) is 20.3 Å². The van der Waals surface area contributed by atoms with Gasteiger partial charge in [0.25, 0.3) is 0 Å². The van der Waals surface area contributed by atoms with Gasteiger partial charge in [0.1, 0.15) is 5.78 Å². The number of hydrogen-bond acceptors (Lipinski definition) is 2. The Morgan fingerprint density at radius 1 is 1.29 bits per heavy atom. The molecule has 0 bridgehead atoms. The van der Waals surface area contributed by atoms with Gasteiger partial charge in [0.15, 0.2) is 0 Å². The van der Waals surface area contributed by atoms with E-state index in [9.17, 15) is 4.79 Å². The van der Waals surface area contributed by atoms with Crippen molar-refractivity contribution in [3.8, 4) is 0 Å². The van der Waals surface area contributed by atoms with Gasteiger partial charge in [0.05, 0.1) is 0 Å². The summed E-state index contributed by atoms with van der Waals surface area (Å²) < 4.78 is 0. The van der Waals surface area contributed by atoms with Crippen molar-refractivity contribution in [1.82, 2.24) is 4.90 Å². The van der Waals surface area contributed by atoms with Crippen LogP contribution in [0.4, 0.5) is 0 Å². The van der Waals surface area contributed by atoms with Crippen molar-refractivity contribution in [2.75, 3.05) is 13.6 Å². The molecule has 2 heteroatoms. The number of benzene rings is 1. The Hall–Kier alpha value is -1.15. The first-order chi connectivity index (χ1) is 8.22. The summed E-state index contributed by atoms with van der Waals surface area (Å²) in [6.45, 7) is 3.03. The number of Topliss-reactive ketones (excluding diaryl/α,β-unsaturated/α-hetero) is 1. The van der Waals surface area contributed by atoms with E-state index >= 15 is 0 Å². The SMILES string of the molecule is CCC1C(=O)CCN(C)C1Cc1ccccc1. The maximum atomic E-state index is 11.9. The fourth-order valence-electron chi connectivity index (χ4n) is 2.81. The highest BCUT2D eigenvalue weighted by Gasteiger charge is 2.33. The molecule has 1 aliphatic rings. The lowest BCUT2D eigenvalue weighted by Gasteiger charge is -2.38. The van der Waals surface area contributed by atoms with Crippen LogP contribution >= 0.6 is 0 Å². The third-order valence-electron chi connectivity index (χ3n) is 3.88. The van der Waals surface area contributed by atoms with Crippen LogP contribution in [0.1, 0.15) is 25.3 Å². The van der Waals surface area contributed by atoms with Crippen LogP contribution in [0.2, 0.25) is 0 Å². The van der Waals surface area contributed by atoms with Crippen LogP contribution in [-0.4, -0.2) is 30.3 Å². The summed E-state index contributed by atoms with van der Waals surface area (Å²) in [5.74, 6) is 0.667. The highest BCUT2D eigenvalue weighted by Crippen LogP contribution is 2.25. The molecule has 0 saturated carbocycles. The standard InChI is InChI=1S/C15H21NO/c1-3-13-14(16(2)10-9-15(13)17)11-12-7-5-4-6-8-12/h4-8,13-14H,3,9-11H2,1-2H3. The Morgan fingerprint density at radius 2 is 2.00 bits per heavy atom. The van der Waals surface area contributed by atoms with E-state index < -0.39 is 0 Å². The molecule has 0 N–H and O–H groups in total. The second-order valence-electron chi connectivity index (χ2n) is 4.97. The summed E-state index contributed by atoms with van der Waals surface area (Å²) in [4.78, 5) is 14.3. The van der Waals surface area contributed by atoms with Crippen molar-refractivity contribution in [3.05, 3.63) is 35.9 Å². The number of carbonyl (C=O) groups excluding carboxylic acids is 1. The molecule has 1 aromatic carbocycles. The van der Waals surface area contributed by atoms with Crippen molar-refractivity contribution in [1.29, 1.82) is 0 Å². The van der Waals surface area contributed by atoms with Crippen LogP contribution in [0.3, 0.4) is 0 Å². The average Bonchev–Trinajstić information content (AvgIpc) is 2.35. The quantitative estimate of drug-likeness (QED) is 0.796. The van der Waals surface area contributed by atoms with Gasteiger partial charge in [-0.05, 0) is 25.5 Å². The molecule has 0 aliphatic carbocycles. The molecular weight excluding hydrogens is 210 g/mol. The maximum Gasteiger partial charge on any atom is 0.138 e. The molecule has 2 nitrogen and oxygen atoms in total. The molecule has 2 atom stereocenters. The van der Waals surface area contributed by atoms with E-state index in [4.69, 9.17) is 0 Å². The first kappa shape index (κ1) is 12.3. The molecule has 0 aromatic heterocycles. The molecule has 1 heterocycles. The zero-order valence-electron chi connectivity index (χ0n) is 10.7. The average molecular weight is 231 g/mol. The fourth-order valence-corrected chi connectivity index (χ4v) is 2.81. The van der Waals surface area contributed by atoms with Crippen LogP contribution < -0.4 is 0 Å². The first-order valence-corrected chi connectivity index (χ1v) is 6.49. The monoisotopic (exact) mass is 231 g/mol. The minimum absolute atomic E-state index is 0.217. The molecule has 1 fully saturated rings. The van der Waals surface area contributed by atoms with Gasteiger partial charge in [-0.15, -0.1) is 0 Å². The van der Waals surface area contributed by atoms with Crippen molar-refractivity contribution in [2.45, 2.75) is 32.2 Å². The van der Waals surface area contributed by atoms with Crippen molar-refractivity contribution >= 4 is 5.78 Å². The van der Waals surface area contributed by atoms with Gasteiger partial charge >= 0.3 is 0 Å². The van der Waals surface area contributed by atoms with E-state index in [1.54, 1.807) is 0 Å². The van der Waals surface area contributed by atoms with E-state index in [0.717, 1.165) is 25.8 Å². The van der Waals surface area contributed by atoms with Gasteiger partial charge in [-0.2, -0.15) is 0 Å². The second kappa shape index (κ2) is 5.46. The molecule has 1 aliphatic heterocycles. The number of likely N-dealkylation sites (tertiary alicyclic amines) is 1. The largest absolute Gasteiger partial charge is 0.302 e. The van der Waals surface area contributed by atoms with Crippen molar-refractivity contribution in [3.63, 3.8) is 0 Å². The normalized spacial score (nSPS) is 26.1. The van der Waals surface area contributed by atoms with Gasteiger partial charge in [-0.25, -0.2) is 0 Å². The van der Waals surface area contributed by atoms with Crippen molar-refractivity contribution in [2.24, 2.45) is 5.92 Å². The van der Waals surface area contributed by atoms with Gasteiger partial charge in [0.2, 0.25) is 0 Å². The molecule has 0 amide bonds. The first-order valence-electron chi connectivity index (χ1n) is 6.49. The lowest BCUT2D eigenvalue weighted by Crippen LogP contribution is -2.48. The molecule has 2 rings (SSSR count). The second-order valence-corrected chi connectivity index (χ2v) is 4.97. The van der Waals surface area contributed by atoms with E-state index in [1.165, 1.54) is 5.56 Å². The Labute approximate surface area is 104 Å². The van der Waals surface area contributed by atoms with E-state index in [2.05, 4.69) is 43.1 Å². The minimum atomic E-state index is 0.217. The highest BCUT2D eigenvalue weighted by atomic mass is 16.1. The molecule has 17 heavy (non-hydrogen) atoms. The van der Waals surface area contributed by atoms with Gasteiger partial charge in [-0.1, -0.05) is 37.3 Å². The molecule has 1 aromatic rings. The molecular formula is C15H21NO. The smallest absolute Gasteiger partial charge is 0.138 e. The Morgan fingerprint density at radius 3 is 2.65 bits per heavy atom. The predicted octanol–water partition coefficient (Wildman–Crippen LogP) is 2.53. The molecule has 0 radical (unpaired) electrons. The summed E-state index contributed by atoms with van der Waals surface area (Å²) in [6.07, 6.45) is 2.67. The summed E-state index contributed by atoms with van der Waals surface area (Å²) in [6, 6.07) is 10.9. The lowest BCUT2D eigenvalue weighted by molar-refractivity contribution is -0.128. The van der Waals surface area contributed by atoms with Gasteiger partial charge in [0, 0.05) is 24.9 Å². The van der Waals surface area contributed by atoms with Gasteiger partial charge < -0.3 is 4.90 Å². The van der Waals surface area contributed by atoms with Crippen LogP contribution in [0.5, 0.6) is 0 Å². The number of hydrogen-bond donors (Lipinski definition) is 0. The molecule has 2 unspecified atom stereocenters. The third-order valence-corrected chi connectivity index (χ3v) is 3.88. The van der Waals surface area contributed by atoms with E-state index in [-0.39, 0.29) is 5.92 Å². The zero-order valence-corrected chi connectivity index (χ0v) is 10.7. The number of ketones is 1. The summed E-state index contributed by atoms with van der Waals surface area (Å²) in [5, 5.41) is 0. The molecule has 1 saturated heterocycles. The summed E-state index contributed by atoms with van der Waals surface area (Å²) in [5.41, 5.74) is 1.33. The zero-order chi connectivity index (χ0) is 12.3. The lowest BCUT2D eigenvalue weighted by atomic mass is 9.83. The Balaban J connectivity index is 2.13. The number of carbonyl (C=O) groups is 1. The van der Waals surface area contributed by atoms with Crippen molar-refractivity contribution < 1.29 is 4.79 Å². The van der Waals surface area contributed by atoms with Crippen LogP contribution in [0.25, 0.3) is 0 Å². The Kier molecular flexibility index (Phi) is 3.95. The number of likely N-dealkylation sites (N-methyl/N-ethyl adjacent to an activating group) is 1. The van der Waals surface area contributed by atoms with E-state index in [1.807, 2.05) is 6.07 Å². The maximum absolute atomic E-state index is 11.9. The number of rotatable bonds is 3. The summed E-state index contributed by atoms with van der Waals surface area (Å²) in [7, 11) is 2.14. The molecule has 92 valence electrons. The summed E-state index contributed by atoms with van der Waals surface area (Å²) >= 11 is 0. The molecule has 0 spiro atoms. The van der Waals surface area contributed by atoms with Gasteiger partial charge in [-0.3, -0.25) is 4.79 Å². The van der Waals surface area contributed by atoms with Crippen LogP contribution in [-0.2, 0) is 11.2 Å². The number of piperidine rings is 1. The minimum Gasteiger partial charge on any atom is -0.302 e. The van der Waals surface area contributed by atoms with Crippen LogP contribution in [0.15, 0.2) is 30.3 Å². The highest BCUT2D eigenvalue weighted by molar-refractivity contribution is 5.82. The number of nitrogens with zero attached hydrogens (tertiary/aromatic N) is 1.